The molecule has 1 aromatic carbocycles. The number of thiophene rings is 1. The van der Waals surface area contributed by atoms with E-state index < -0.39 is 0 Å². The molecule has 3 aromatic rings. The average Bonchev–Trinajstić information content (AvgIpc) is 3.27. The van der Waals surface area contributed by atoms with Crippen LogP contribution in [0, 0.1) is 5.41 Å². The number of aromatic nitrogens is 2. The van der Waals surface area contributed by atoms with Crippen LogP contribution in [0.4, 0.5) is 0 Å². The van der Waals surface area contributed by atoms with Crippen molar-refractivity contribution in [3.63, 3.8) is 0 Å². The molecule has 0 amide bonds. The molecule has 0 atom stereocenters. The van der Waals surface area contributed by atoms with E-state index in [1.807, 2.05) is 40.6 Å². The van der Waals surface area contributed by atoms with E-state index in [4.69, 9.17) is 10.1 Å². The summed E-state index contributed by atoms with van der Waals surface area (Å²) in [5.41, 5.74) is 2.05. The number of H-pyrrole nitrogens is 1. The predicted molar refractivity (Wildman–Crippen MR) is 94.7 cm³/mol. The number of nitrogens with one attached hydrogen (secondary N) is 2. The van der Waals surface area contributed by atoms with Gasteiger partial charge in [0.2, 0.25) is 0 Å². The van der Waals surface area contributed by atoms with Gasteiger partial charge < -0.3 is 19.7 Å². The summed E-state index contributed by atoms with van der Waals surface area (Å²) < 4.78 is 5.22. The van der Waals surface area contributed by atoms with Gasteiger partial charge in [-0.3, -0.25) is 5.41 Å². The fraction of sp³-hybridized carbons (Fsp3) is 0.176. The maximum atomic E-state index is 10.4. The van der Waals surface area contributed by atoms with Gasteiger partial charge in [-0.2, -0.15) is 0 Å². The molecule has 3 N–H and O–H groups in total. The second-order valence-electron chi connectivity index (χ2n) is 5.57. The molecule has 122 valence electrons. The molecule has 0 radical (unpaired) electrons. The molecular weight excluding hydrogens is 324 g/mol. The van der Waals surface area contributed by atoms with Gasteiger partial charge in [0.15, 0.2) is 0 Å². The first-order valence-electron chi connectivity index (χ1n) is 7.48. The number of aliphatic hydroxyl groups excluding tert-OH is 1. The van der Waals surface area contributed by atoms with E-state index in [-0.39, 0.29) is 11.6 Å². The van der Waals surface area contributed by atoms with E-state index in [0.29, 0.717) is 24.5 Å². The molecule has 0 saturated carbocycles. The molecule has 6 nitrogen and oxygen atoms in total. The van der Waals surface area contributed by atoms with E-state index in [9.17, 15) is 5.11 Å². The maximum absolute atomic E-state index is 10.4. The highest BCUT2D eigenvalue weighted by Gasteiger charge is 2.30. The Balaban J connectivity index is 1.65. The third kappa shape index (κ3) is 2.43. The lowest BCUT2D eigenvalue weighted by molar-refractivity contribution is 0.348. The summed E-state index contributed by atoms with van der Waals surface area (Å²) in [6, 6.07) is 9.56. The minimum Gasteiger partial charge on any atom is -0.510 e. The summed E-state index contributed by atoms with van der Waals surface area (Å²) >= 11 is 1.64. The van der Waals surface area contributed by atoms with Crippen LogP contribution in [-0.4, -0.2) is 39.5 Å². The number of amidine groups is 1. The van der Waals surface area contributed by atoms with Crippen molar-refractivity contribution in [3.8, 4) is 5.75 Å². The number of rotatable bonds is 4. The van der Waals surface area contributed by atoms with Crippen LogP contribution in [0.25, 0.3) is 16.6 Å². The van der Waals surface area contributed by atoms with Crippen LogP contribution in [0.3, 0.4) is 0 Å². The Morgan fingerprint density at radius 3 is 3.04 bits per heavy atom. The zero-order chi connectivity index (χ0) is 16.7. The molecule has 1 aliphatic heterocycles. The van der Waals surface area contributed by atoms with Crippen LogP contribution in [0.1, 0.15) is 10.7 Å². The Hall–Kier alpha value is -2.80. The topological polar surface area (TPSA) is 85.2 Å². The van der Waals surface area contributed by atoms with Gasteiger partial charge in [-0.05, 0) is 23.6 Å². The minimum atomic E-state index is 0.169. The summed E-state index contributed by atoms with van der Waals surface area (Å²) in [6.07, 6.45) is 0. The third-order valence-electron chi connectivity index (χ3n) is 4.03. The molecule has 0 bridgehead atoms. The maximum Gasteiger partial charge on any atom is 0.145 e. The fourth-order valence-electron chi connectivity index (χ4n) is 2.84. The van der Waals surface area contributed by atoms with Crippen LogP contribution < -0.4 is 4.74 Å². The summed E-state index contributed by atoms with van der Waals surface area (Å²) in [6.45, 7) is 0.935. The van der Waals surface area contributed by atoms with E-state index in [2.05, 4.69) is 9.97 Å². The van der Waals surface area contributed by atoms with Crippen LogP contribution in [0.2, 0.25) is 0 Å². The van der Waals surface area contributed by atoms with Crippen LogP contribution in [0.15, 0.2) is 41.5 Å². The summed E-state index contributed by atoms with van der Waals surface area (Å²) in [5.74, 6) is 1.70. The predicted octanol–water partition coefficient (Wildman–Crippen LogP) is 3.40. The van der Waals surface area contributed by atoms with Crippen LogP contribution >= 0.6 is 11.3 Å². The molecule has 3 heterocycles. The van der Waals surface area contributed by atoms with E-state index >= 15 is 0 Å². The van der Waals surface area contributed by atoms with Gasteiger partial charge in [0, 0.05) is 10.9 Å². The van der Waals surface area contributed by atoms with Gasteiger partial charge in [-0.15, -0.1) is 11.3 Å². The zero-order valence-electron chi connectivity index (χ0n) is 13.0. The highest BCUT2D eigenvalue weighted by Crippen LogP contribution is 2.29. The SMILES string of the molecule is COc1ccc2nc(C3=C(O)CN(Cc4cccs4)C3=N)[nH]c2c1. The van der Waals surface area contributed by atoms with Gasteiger partial charge in [-0.1, -0.05) is 6.07 Å². The highest BCUT2D eigenvalue weighted by molar-refractivity contribution is 7.09. The minimum absolute atomic E-state index is 0.169. The molecular formula is C17H16N4O2S. The largest absolute Gasteiger partial charge is 0.510 e. The van der Waals surface area contributed by atoms with Crippen molar-refractivity contribution in [2.24, 2.45) is 0 Å². The van der Waals surface area contributed by atoms with Gasteiger partial charge in [0.05, 0.1) is 36.8 Å². The Kier molecular flexibility index (Phi) is 3.50. The first-order valence-corrected chi connectivity index (χ1v) is 8.36. The van der Waals surface area contributed by atoms with Crippen LogP contribution in [0.5, 0.6) is 5.75 Å². The number of hydrogen-bond donors (Lipinski definition) is 3. The summed E-state index contributed by atoms with van der Waals surface area (Å²) in [4.78, 5) is 10.7. The fourth-order valence-corrected chi connectivity index (χ4v) is 3.56. The molecule has 1 aliphatic rings. The molecule has 0 saturated heterocycles. The standard InChI is InChI=1S/C17H16N4O2S/c1-23-10-4-5-12-13(7-10)20-17(19-12)15-14(22)9-21(16(15)18)8-11-3-2-6-24-11/h2-7,18,22H,8-9H2,1H3,(H,19,20). The smallest absolute Gasteiger partial charge is 0.145 e. The number of aromatic amines is 1. The average molecular weight is 340 g/mol. The normalized spacial score (nSPS) is 14.9. The van der Waals surface area contributed by atoms with E-state index in [1.165, 1.54) is 0 Å². The Labute approximate surface area is 142 Å². The third-order valence-corrected chi connectivity index (χ3v) is 4.90. The lowest BCUT2D eigenvalue weighted by Crippen LogP contribution is -2.25. The van der Waals surface area contributed by atoms with Gasteiger partial charge >= 0.3 is 0 Å². The van der Waals surface area contributed by atoms with E-state index in [1.54, 1.807) is 18.4 Å². The van der Waals surface area contributed by atoms with E-state index in [0.717, 1.165) is 21.7 Å². The number of imidazole rings is 1. The molecule has 4 rings (SSSR count). The zero-order valence-corrected chi connectivity index (χ0v) is 13.9. The van der Waals surface area contributed by atoms with Crippen LogP contribution in [-0.2, 0) is 6.54 Å². The Bertz CT molecular complexity index is 943. The number of aliphatic hydroxyl groups is 1. The first-order chi connectivity index (χ1) is 11.7. The number of methoxy groups -OCH3 is 1. The van der Waals surface area contributed by atoms with Gasteiger partial charge in [0.25, 0.3) is 0 Å². The van der Waals surface area contributed by atoms with Crippen molar-refractivity contribution in [1.29, 1.82) is 5.41 Å². The number of nitrogens with zero attached hydrogens (tertiary/aromatic N) is 2. The Morgan fingerprint density at radius 2 is 2.29 bits per heavy atom. The van der Waals surface area contributed by atoms with Crippen molar-refractivity contribution in [2.45, 2.75) is 6.54 Å². The molecule has 0 aliphatic carbocycles. The molecule has 0 fully saturated rings. The summed E-state index contributed by atoms with van der Waals surface area (Å²) in [7, 11) is 1.61. The van der Waals surface area contributed by atoms with Gasteiger partial charge in [-0.25, -0.2) is 4.98 Å². The molecule has 0 unspecified atom stereocenters. The van der Waals surface area contributed by atoms with Crippen molar-refractivity contribution < 1.29 is 9.84 Å². The molecule has 24 heavy (non-hydrogen) atoms. The highest BCUT2D eigenvalue weighted by atomic mass is 32.1. The van der Waals surface area contributed by atoms with Crippen molar-refractivity contribution >= 4 is 33.8 Å². The lowest BCUT2D eigenvalue weighted by atomic mass is 10.2. The number of benzene rings is 1. The van der Waals surface area contributed by atoms with Crippen molar-refractivity contribution in [3.05, 3.63) is 52.2 Å². The molecule has 2 aromatic heterocycles. The lowest BCUT2D eigenvalue weighted by Gasteiger charge is -2.17. The summed E-state index contributed by atoms with van der Waals surface area (Å²) in [5, 5.41) is 20.8. The second kappa shape index (κ2) is 5.68. The first kappa shape index (κ1) is 14.8. The monoisotopic (exact) mass is 340 g/mol. The van der Waals surface area contributed by atoms with Crippen molar-refractivity contribution in [1.82, 2.24) is 14.9 Å². The van der Waals surface area contributed by atoms with Crippen molar-refractivity contribution in [2.75, 3.05) is 13.7 Å². The second-order valence-corrected chi connectivity index (χ2v) is 6.61. The van der Waals surface area contributed by atoms with Gasteiger partial charge in [0.1, 0.15) is 23.2 Å². The number of fused-ring (bicyclic) bond motifs is 1. The molecule has 7 heteroatoms. The number of hydrogen-bond acceptors (Lipinski definition) is 5. The number of ether oxygens (including phenoxy) is 1. The Morgan fingerprint density at radius 1 is 1.42 bits per heavy atom. The quantitative estimate of drug-likeness (QED) is 0.679. The molecule has 0 spiro atoms.